The van der Waals surface area contributed by atoms with Gasteiger partial charge in [-0.3, -0.25) is 4.79 Å². The van der Waals surface area contributed by atoms with E-state index in [1.807, 2.05) is 0 Å². The van der Waals surface area contributed by atoms with Crippen molar-refractivity contribution in [3.63, 3.8) is 0 Å². The van der Waals surface area contributed by atoms with Gasteiger partial charge in [0.1, 0.15) is 0 Å². The lowest BCUT2D eigenvalue weighted by Gasteiger charge is -2.08. The number of rotatable bonds is 2. The van der Waals surface area contributed by atoms with Gasteiger partial charge >= 0.3 is 0 Å². The van der Waals surface area contributed by atoms with Gasteiger partial charge in [0.15, 0.2) is 11.6 Å². The first-order chi connectivity index (χ1) is 6.50. The van der Waals surface area contributed by atoms with Gasteiger partial charge < -0.3 is 11.1 Å². The molecule has 0 heterocycles. The van der Waals surface area contributed by atoms with E-state index in [-0.39, 0.29) is 5.56 Å². The van der Waals surface area contributed by atoms with Gasteiger partial charge in [-0.1, -0.05) is 0 Å². The van der Waals surface area contributed by atoms with Crippen molar-refractivity contribution in [2.75, 3.05) is 0 Å². The third kappa shape index (κ3) is 2.50. The molecule has 14 heavy (non-hydrogen) atoms. The molecule has 1 aromatic rings. The Hall–Kier alpha value is -1.49. The quantitative estimate of drug-likeness (QED) is 0.700. The fraction of sp³-hybridized carbons (Fsp3) is 0.222. The molecule has 5 heteroatoms. The van der Waals surface area contributed by atoms with Gasteiger partial charge in [0.05, 0.1) is 6.17 Å². The Morgan fingerprint density at radius 1 is 1.43 bits per heavy atom. The van der Waals surface area contributed by atoms with Crippen LogP contribution in [-0.4, -0.2) is 12.1 Å². The summed E-state index contributed by atoms with van der Waals surface area (Å²) in [5.74, 6) is -2.57. The minimum absolute atomic E-state index is 0.0428. The van der Waals surface area contributed by atoms with Crippen LogP contribution in [0.25, 0.3) is 0 Å². The average Bonchev–Trinajstić information content (AvgIpc) is 2.08. The SMILES string of the molecule is CC(N)NC(=O)c1ccc(F)c(F)c1. The molecule has 1 atom stereocenters. The Bertz CT molecular complexity index is 353. The molecule has 0 radical (unpaired) electrons. The van der Waals surface area contributed by atoms with Crippen molar-refractivity contribution in [1.82, 2.24) is 5.32 Å². The summed E-state index contributed by atoms with van der Waals surface area (Å²) < 4.78 is 25.2. The number of nitrogens with one attached hydrogen (secondary N) is 1. The van der Waals surface area contributed by atoms with Crippen molar-refractivity contribution in [2.45, 2.75) is 13.1 Å². The second-order valence-corrected chi connectivity index (χ2v) is 2.89. The van der Waals surface area contributed by atoms with Gasteiger partial charge in [-0.2, -0.15) is 0 Å². The number of amides is 1. The van der Waals surface area contributed by atoms with E-state index in [1.165, 1.54) is 6.07 Å². The first kappa shape index (κ1) is 10.6. The Morgan fingerprint density at radius 3 is 2.57 bits per heavy atom. The van der Waals surface area contributed by atoms with Gasteiger partial charge in [0.25, 0.3) is 5.91 Å². The molecule has 3 N–H and O–H groups in total. The van der Waals surface area contributed by atoms with Gasteiger partial charge in [0, 0.05) is 5.56 Å². The third-order valence-corrected chi connectivity index (χ3v) is 1.54. The highest BCUT2D eigenvalue weighted by Gasteiger charge is 2.09. The van der Waals surface area contributed by atoms with Crippen molar-refractivity contribution in [3.8, 4) is 0 Å². The standard InChI is InChI=1S/C9H10F2N2O/c1-5(12)13-9(14)6-2-3-7(10)8(11)4-6/h2-5H,12H2,1H3,(H,13,14). The van der Waals surface area contributed by atoms with Crippen LogP contribution in [0.3, 0.4) is 0 Å². The molecule has 0 aliphatic heterocycles. The molecule has 0 saturated carbocycles. The molecular formula is C9H10F2N2O. The summed E-state index contributed by atoms with van der Waals surface area (Å²) in [6.07, 6.45) is -0.532. The normalized spacial score (nSPS) is 12.3. The summed E-state index contributed by atoms with van der Waals surface area (Å²) in [5, 5.41) is 2.36. The van der Waals surface area contributed by atoms with E-state index >= 15 is 0 Å². The first-order valence-electron chi connectivity index (χ1n) is 4.02. The molecule has 0 spiro atoms. The molecule has 0 aliphatic rings. The van der Waals surface area contributed by atoms with Gasteiger partial charge in [0.2, 0.25) is 0 Å². The molecule has 1 rings (SSSR count). The number of hydrogen-bond acceptors (Lipinski definition) is 2. The lowest BCUT2D eigenvalue weighted by Crippen LogP contribution is -2.38. The monoisotopic (exact) mass is 200 g/mol. The van der Waals surface area contributed by atoms with Crippen molar-refractivity contribution in [1.29, 1.82) is 0 Å². The lowest BCUT2D eigenvalue weighted by molar-refractivity contribution is 0.0940. The first-order valence-corrected chi connectivity index (χ1v) is 4.02. The molecular weight excluding hydrogens is 190 g/mol. The van der Waals surface area contributed by atoms with Crippen LogP contribution in [0.4, 0.5) is 8.78 Å². The predicted octanol–water partition coefficient (Wildman–Crippen LogP) is 0.999. The Kier molecular flexibility index (Phi) is 3.14. The van der Waals surface area contributed by atoms with E-state index in [0.717, 1.165) is 12.1 Å². The lowest BCUT2D eigenvalue weighted by atomic mass is 10.2. The van der Waals surface area contributed by atoms with Crippen LogP contribution in [-0.2, 0) is 0 Å². The molecule has 0 fully saturated rings. The number of carbonyl (C=O) groups excluding carboxylic acids is 1. The Morgan fingerprint density at radius 2 is 2.07 bits per heavy atom. The van der Waals surface area contributed by atoms with E-state index in [9.17, 15) is 13.6 Å². The Balaban J connectivity index is 2.86. The number of halogens is 2. The summed E-state index contributed by atoms with van der Waals surface area (Å²) in [6, 6.07) is 2.91. The molecule has 0 aliphatic carbocycles. The van der Waals surface area contributed by atoms with E-state index in [4.69, 9.17) is 5.73 Å². The predicted molar refractivity (Wildman–Crippen MR) is 47.5 cm³/mol. The maximum atomic E-state index is 12.7. The molecule has 1 aromatic carbocycles. The molecule has 76 valence electrons. The van der Waals surface area contributed by atoms with Crippen LogP contribution < -0.4 is 11.1 Å². The summed E-state index contributed by atoms with van der Waals surface area (Å²) in [5.41, 5.74) is 5.34. The van der Waals surface area contributed by atoms with Gasteiger partial charge in [-0.05, 0) is 25.1 Å². The Labute approximate surface area is 79.9 Å². The van der Waals surface area contributed by atoms with E-state index < -0.39 is 23.7 Å². The zero-order chi connectivity index (χ0) is 10.7. The van der Waals surface area contributed by atoms with Crippen molar-refractivity contribution < 1.29 is 13.6 Å². The number of carbonyl (C=O) groups is 1. The molecule has 1 amide bonds. The third-order valence-electron chi connectivity index (χ3n) is 1.54. The summed E-state index contributed by atoms with van der Waals surface area (Å²) in [6.45, 7) is 1.57. The topological polar surface area (TPSA) is 55.1 Å². The summed E-state index contributed by atoms with van der Waals surface area (Å²) in [7, 11) is 0. The maximum absolute atomic E-state index is 12.7. The smallest absolute Gasteiger partial charge is 0.252 e. The fourth-order valence-corrected chi connectivity index (χ4v) is 0.927. The second-order valence-electron chi connectivity index (χ2n) is 2.89. The van der Waals surface area contributed by atoms with Crippen LogP contribution in [0.1, 0.15) is 17.3 Å². The zero-order valence-corrected chi connectivity index (χ0v) is 7.55. The van der Waals surface area contributed by atoms with Crippen molar-refractivity contribution in [3.05, 3.63) is 35.4 Å². The van der Waals surface area contributed by atoms with Crippen molar-refractivity contribution >= 4 is 5.91 Å². The maximum Gasteiger partial charge on any atom is 0.252 e. The molecule has 0 aromatic heterocycles. The number of benzene rings is 1. The van der Waals surface area contributed by atoms with Crippen LogP contribution >= 0.6 is 0 Å². The highest BCUT2D eigenvalue weighted by molar-refractivity contribution is 5.94. The molecule has 3 nitrogen and oxygen atoms in total. The second kappa shape index (κ2) is 4.15. The zero-order valence-electron chi connectivity index (χ0n) is 7.55. The molecule has 0 saturated heterocycles. The minimum atomic E-state index is -1.05. The fourth-order valence-electron chi connectivity index (χ4n) is 0.927. The van der Waals surface area contributed by atoms with Gasteiger partial charge in [-0.25, -0.2) is 8.78 Å². The molecule has 0 bridgehead atoms. The van der Waals surface area contributed by atoms with Crippen LogP contribution in [0.2, 0.25) is 0 Å². The van der Waals surface area contributed by atoms with E-state index in [1.54, 1.807) is 6.92 Å². The molecule has 1 unspecified atom stereocenters. The minimum Gasteiger partial charge on any atom is -0.337 e. The highest BCUT2D eigenvalue weighted by atomic mass is 19.2. The van der Waals surface area contributed by atoms with Crippen LogP contribution in [0, 0.1) is 11.6 Å². The highest BCUT2D eigenvalue weighted by Crippen LogP contribution is 2.08. The van der Waals surface area contributed by atoms with Crippen LogP contribution in [0.5, 0.6) is 0 Å². The van der Waals surface area contributed by atoms with E-state index in [0.29, 0.717) is 0 Å². The average molecular weight is 200 g/mol. The van der Waals surface area contributed by atoms with Gasteiger partial charge in [-0.15, -0.1) is 0 Å². The summed E-state index contributed by atoms with van der Waals surface area (Å²) >= 11 is 0. The largest absolute Gasteiger partial charge is 0.337 e. The summed E-state index contributed by atoms with van der Waals surface area (Å²) in [4.78, 5) is 11.2. The van der Waals surface area contributed by atoms with E-state index in [2.05, 4.69) is 5.32 Å². The number of hydrogen-bond donors (Lipinski definition) is 2. The van der Waals surface area contributed by atoms with Crippen molar-refractivity contribution in [2.24, 2.45) is 5.73 Å². The number of nitrogens with two attached hydrogens (primary N) is 1. The van der Waals surface area contributed by atoms with Crippen LogP contribution in [0.15, 0.2) is 18.2 Å².